The van der Waals surface area contributed by atoms with Crippen LogP contribution >= 0.6 is 0 Å². The van der Waals surface area contributed by atoms with E-state index in [-0.39, 0.29) is 11.4 Å². The molecular weight excluding hydrogens is 334 g/mol. The molecule has 6 nitrogen and oxygen atoms in total. The minimum Gasteiger partial charge on any atom is -0.497 e. The second kappa shape index (κ2) is 9.17. The van der Waals surface area contributed by atoms with E-state index in [0.717, 1.165) is 23.3 Å². The number of ether oxygens (including phenoxy) is 2. The predicted octanol–water partition coefficient (Wildman–Crippen LogP) is 4.56. The quantitative estimate of drug-likeness (QED) is 0.182. The van der Waals surface area contributed by atoms with Gasteiger partial charge in [0, 0.05) is 18.2 Å². The number of methoxy groups -OCH3 is 1. The van der Waals surface area contributed by atoms with Crippen LogP contribution in [0.25, 0.3) is 5.57 Å². The molecule has 0 amide bonds. The van der Waals surface area contributed by atoms with Crippen molar-refractivity contribution in [2.24, 2.45) is 0 Å². The lowest BCUT2D eigenvalue weighted by Crippen LogP contribution is -2.03. The first-order chi connectivity index (χ1) is 12.5. The van der Waals surface area contributed by atoms with Gasteiger partial charge >= 0.3 is 5.97 Å². The van der Waals surface area contributed by atoms with Crippen molar-refractivity contribution >= 4 is 17.2 Å². The van der Waals surface area contributed by atoms with Gasteiger partial charge in [0.15, 0.2) is 0 Å². The van der Waals surface area contributed by atoms with Gasteiger partial charge in [-0.3, -0.25) is 10.1 Å². The highest BCUT2D eigenvalue weighted by atomic mass is 16.6. The molecule has 0 spiro atoms. The highest BCUT2D eigenvalue weighted by molar-refractivity contribution is 5.85. The first-order valence-corrected chi connectivity index (χ1v) is 8.01. The molecule has 0 unspecified atom stereocenters. The van der Waals surface area contributed by atoms with Crippen LogP contribution in [0.1, 0.15) is 18.9 Å². The molecule has 0 fully saturated rings. The molecule has 0 aromatic heterocycles. The maximum absolute atomic E-state index is 11.8. The van der Waals surface area contributed by atoms with Gasteiger partial charge in [-0.25, -0.2) is 4.79 Å². The third kappa shape index (κ3) is 5.31. The van der Waals surface area contributed by atoms with E-state index >= 15 is 0 Å². The molecule has 0 atom stereocenters. The molecule has 0 aliphatic carbocycles. The van der Waals surface area contributed by atoms with Gasteiger partial charge in [-0.05, 0) is 41.8 Å². The molecule has 0 saturated carbocycles. The Kier molecular flexibility index (Phi) is 6.68. The number of hydrogen-bond acceptors (Lipinski definition) is 5. The van der Waals surface area contributed by atoms with Crippen molar-refractivity contribution in [3.05, 3.63) is 82.4 Å². The Morgan fingerprint density at radius 1 is 1.08 bits per heavy atom. The summed E-state index contributed by atoms with van der Waals surface area (Å²) in [4.78, 5) is 21.9. The van der Waals surface area contributed by atoms with Crippen LogP contribution in [0, 0.1) is 10.1 Å². The molecule has 2 rings (SSSR count). The van der Waals surface area contributed by atoms with Crippen molar-refractivity contribution in [2.75, 3.05) is 7.11 Å². The Morgan fingerprint density at radius 3 is 2.23 bits per heavy atom. The second-order valence-corrected chi connectivity index (χ2v) is 5.31. The summed E-state index contributed by atoms with van der Waals surface area (Å²) in [6.07, 6.45) is 5.57. The SMILES string of the molecule is CC/C(=C\C=C\C(=O)Oc1ccc([N+](=O)[O-])cc1)c1ccc(OC)cc1. The van der Waals surface area contributed by atoms with E-state index in [4.69, 9.17) is 9.47 Å². The average molecular weight is 353 g/mol. The van der Waals surface area contributed by atoms with Gasteiger partial charge in [-0.2, -0.15) is 0 Å². The summed E-state index contributed by atoms with van der Waals surface area (Å²) in [6.45, 7) is 2.03. The number of rotatable bonds is 7. The fourth-order valence-corrected chi connectivity index (χ4v) is 2.25. The zero-order valence-electron chi connectivity index (χ0n) is 14.5. The fourth-order valence-electron chi connectivity index (χ4n) is 2.25. The van der Waals surface area contributed by atoms with Crippen LogP contribution in [0.4, 0.5) is 5.69 Å². The van der Waals surface area contributed by atoms with Gasteiger partial charge in [0.25, 0.3) is 5.69 Å². The number of non-ortho nitro benzene ring substituents is 1. The Labute approximate surface area is 151 Å². The monoisotopic (exact) mass is 353 g/mol. The van der Waals surface area contributed by atoms with E-state index in [9.17, 15) is 14.9 Å². The lowest BCUT2D eigenvalue weighted by molar-refractivity contribution is -0.384. The van der Waals surface area contributed by atoms with Crippen LogP contribution in [0.2, 0.25) is 0 Å². The largest absolute Gasteiger partial charge is 0.497 e. The van der Waals surface area contributed by atoms with Gasteiger partial charge in [-0.1, -0.05) is 31.2 Å². The number of carbonyl (C=O) groups is 1. The highest BCUT2D eigenvalue weighted by Gasteiger charge is 2.06. The maximum atomic E-state index is 11.8. The molecular formula is C20H19NO5. The summed E-state index contributed by atoms with van der Waals surface area (Å²) in [5.74, 6) is 0.479. The van der Waals surface area contributed by atoms with E-state index in [1.54, 1.807) is 13.2 Å². The maximum Gasteiger partial charge on any atom is 0.336 e. The molecule has 0 bridgehead atoms. The number of carbonyl (C=O) groups excluding carboxylic acids is 1. The van der Waals surface area contributed by atoms with Crippen molar-refractivity contribution in [3.63, 3.8) is 0 Å². The lowest BCUT2D eigenvalue weighted by Gasteiger charge is -2.05. The zero-order valence-corrected chi connectivity index (χ0v) is 14.5. The fraction of sp³-hybridized carbons (Fsp3) is 0.150. The van der Waals surface area contributed by atoms with Gasteiger partial charge in [-0.15, -0.1) is 0 Å². The minimum absolute atomic E-state index is 0.0599. The first kappa shape index (κ1) is 18.9. The molecule has 6 heteroatoms. The number of esters is 1. The van der Waals surface area contributed by atoms with E-state index in [1.165, 1.54) is 30.3 Å². The van der Waals surface area contributed by atoms with E-state index in [0.29, 0.717) is 0 Å². The Balaban J connectivity index is 2.00. The van der Waals surface area contributed by atoms with Crippen LogP contribution < -0.4 is 9.47 Å². The number of nitro groups is 1. The van der Waals surface area contributed by atoms with Crippen molar-refractivity contribution < 1.29 is 19.2 Å². The van der Waals surface area contributed by atoms with Crippen molar-refractivity contribution in [1.82, 2.24) is 0 Å². The highest BCUT2D eigenvalue weighted by Crippen LogP contribution is 2.21. The molecule has 26 heavy (non-hydrogen) atoms. The summed E-state index contributed by atoms with van der Waals surface area (Å²) in [5.41, 5.74) is 2.05. The normalized spacial score (nSPS) is 11.4. The third-order valence-corrected chi connectivity index (χ3v) is 3.64. The van der Waals surface area contributed by atoms with Crippen LogP contribution in [0.15, 0.2) is 66.8 Å². The summed E-state index contributed by atoms with van der Waals surface area (Å²) in [5, 5.41) is 10.6. The summed E-state index contributed by atoms with van der Waals surface area (Å²) in [6, 6.07) is 13.0. The smallest absolute Gasteiger partial charge is 0.336 e. The molecule has 0 aliphatic rings. The van der Waals surface area contributed by atoms with Crippen LogP contribution in [0.3, 0.4) is 0 Å². The average Bonchev–Trinajstić information content (AvgIpc) is 2.66. The minimum atomic E-state index is -0.555. The Morgan fingerprint density at radius 2 is 1.69 bits per heavy atom. The van der Waals surface area contributed by atoms with Gasteiger partial charge in [0.2, 0.25) is 0 Å². The van der Waals surface area contributed by atoms with E-state index in [2.05, 4.69) is 0 Å². The molecule has 0 N–H and O–H groups in total. The van der Waals surface area contributed by atoms with E-state index in [1.807, 2.05) is 37.3 Å². The molecule has 0 saturated heterocycles. The Bertz CT molecular complexity index is 820. The zero-order chi connectivity index (χ0) is 18.9. The van der Waals surface area contributed by atoms with Gasteiger partial charge in [0.1, 0.15) is 11.5 Å². The van der Waals surface area contributed by atoms with Crippen molar-refractivity contribution in [1.29, 1.82) is 0 Å². The molecule has 2 aromatic rings. The number of nitrogens with zero attached hydrogens (tertiary/aromatic N) is 1. The van der Waals surface area contributed by atoms with Crippen LogP contribution in [-0.2, 0) is 4.79 Å². The first-order valence-electron chi connectivity index (χ1n) is 8.01. The van der Waals surface area contributed by atoms with Crippen molar-refractivity contribution in [2.45, 2.75) is 13.3 Å². The summed E-state index contributed by atoms with van der Waals surface area (Å²) in [7, 11) is 1.62. The number of nitro benzene ring substituents is 1. The third-order valence-electron chi connectivity index (χ3n) is 3.64. The molecule has 0 aliphatic heterocycles. The standard InChI is InChI=1S/C20H19NO5/c1-3-15(16-7-11-18(25-2)12-8-16)5-4-6-20(22)26-19-13-9-17(10-14-19)21(23)24/h4-14H,3H2,1-2H3/b6-4+,15-5+. The summed E-state index contributed by atoms with van der Waals surface area (Å²) >= 11 is 0. The van der Waals surface area contributed by atoms with Crippen LogP contribution in [-0.4, -0.2) is 18.0 Å². The number of hydrogen-bond donors (Lipinski definition) is 0. The number of benzene rings is 2. The molecule has 134 valence electrons. The number of allylic oxidation sites excluding steroid dienone is 3. The topological polar surface area (TPSA) is 78.7 Å². The molecule has 0 heterocycles. The Hall–Kier alpha value is -3.41. The second-order valence-electron chi connectivity index (χ2n) is 5.31. The van der Waals surface area contributed by atoms with Crippen molar-refractivity contribution in [3.8, 4) is 11.5 Å². The summed E-state index contributed by atoms with van der Waals surface area (Å²) < 4.78 is 10.2. The molecule has 2 aromatic carbocycles. The lowest BCUT2D eigenvalue weighted by atomic mass is 10.0. The van der Waals surface area contributed by atoms with Gasteiger partial charge < -0.3 is 9.47 Å². The van der Waals surface area contributed by atoms with E-state index < -0.39 is 10.9 Å². The van der Waals surface area contributed by atoms with Gasteiger partial charge in [0.05, 0.1) is 12.0 Å². The molecule has 0 radical (unpaired) electrons. The predicted molar refractivity (Wildman–Crippen MR) is 99.1 cm³/mol. The van der Waals surface area contributed by atoms with Crippen LogP contribution in [0.5, 0.6) is 11.5 Å².